The molecule has 0 heterocycles. The molecule has 0 aliphatic heterocycles. The molecule has 0 saturated heterocycles. The second-order valence-corrected chi connectivity index (χ2v) is 10.1. The van der Waals surface area contributed by atoms with Crippen molar-refractivity contribution in [1.82, 2.24) is 0 Å². The van der Waals surface area contributed by atoms with E-state index in [9.17, 15) is 0 Å². The van der Waals surface area contributed by atoms with Gasteiger partial charge in [-0.25, -0.2) is 0 Å². The Balaban J connectivity index is 0. The van der Waals surface area contributed by atoms with Crippen molar-refractivity contribution in [2.24, 2.45) is 5.92 Å². The quantitative estimate of drug-likeness (QED) is 0.212. The molecule has 36 heavy (non-hydrogen) atoms. The number of rotatable bonds is 11. The van der Waals surface area contributed by atoms with Gasteiger partial charge >= 0.3 is 0 Å². The fraction of sp³-hybridized carbons (Fsp3) is 0.611. The predicted molar refractivity (Wildman–Crippen MR) is 170 cm³/mol. The van der Waals surface area contributed by atoms with E-state index < -0.39 is 0 Å². The third kappa shape index (κ3) is 12.4. The van der Waals surface area contributed by atoms with Gasteiger partial charge in [0.1, 0.15) is 0 Å². The van der Waals surface area contributed by atoms with Crippen molar-refractivity contribution in [2.45, 2.75) is 141 Å². The summed E-state index contributed by atoms with van der Waals surface area (Å²) in [4.78, 5) is 0. The van der Waals surface area contributed by atoms with Crippen molar-refractivity contribution in [3.8, 4) is 0 Å². The van der Waals surface area contributed by atoms with Crippen LogP contribution in [0.5, 0.6) is 0 Å². The van der Waals surface area contributed by atoms with Crippen LogP contribution >= 0.6 is 0 Å². The van der Waals surface area contributed by atoms with Gasteiger partial charge in [-0.05, 0) is 88.5 Å². The first-order valence-electron chi connectivity index (χ1n) is 14.9. The Labute approximate surface area is 228 Å². The fourth-order valence-electron chi connectivity index (χ4n) is 4.12. The van der Waals surface area contributed by atoms with Crippen LogP contribution in [-0.2, 0) is 0 Å². The summed E-state index contributed by atoms with van der Waals surface area (Å²) in [6.45, 7) is 31.2. The van der Waals surface area contributed by atoms with Crippen LogP contribution in [0.15, 0.2) is 58.7 Å². The standard InChI is InChI=1S/C31H48.C3H8.C2H6/c1-11-22(5)17-15-18-28(21-25(8)23(6)12-2)30-19-16-20-31(27(30)10)29(14-4)26(9)24(7)13-3;1-3-2;1-2/h15-16,18-22,29H,11-14,17H2,1-10H3;3H2,1-2H3;1-2H3/b18-15+,25-23+,26-24-,28-21+;;. The number of benzene rings is 1. The molecule has 2 atom stereocenters. The molecule has 0 bridgehead atoms. The summed E-state index contributed by atoms with van der Waals surface area (Å²) < 4.78 is 0. The van der Waals surface area contributed by atoms with E-state index in [1.54, 1.807) is 5.57 Å². The Morgan fingerprint density at radius 2 is 1.39 bits per heavy atom. The fourth-order valence-corrected chi connectivity index (χ4v) is 4.12. The highest BCUT2D eigenvalue weighted by Crippen LogP contribution is 2.35. The van der Waals surface area contributed by atoms with Crippen LogP contribution in [-0.4, -0.2) is 0 Å². The Hall–Kier alpha value is -1.82. The van der Waals surface area contributed by atoms with Gasteiger partial charge in [-0.2, -0.15) is 0 Å². The Bertz CT molecular complexity index is 841. The zero-order valence-electron chi connectivity index (χ0n) is 26.9. The highest BCUT2D eigenvalue weighted by molar-refractivity contribution is 5.78. The molecule has 0 fully saturated rings. The van der Waals surface area contributed by atoms with Gasteiger partial charge in [0.25, 0.3) is 0 Å². The molecular formula is C36H62. The summed E-state index contributed by atoms with van der Waals surface area (Å²) in [7, 11) is 0. The first kappa shape index (κ1) is 36.3. The van der Waals surface area contributed by atoms with Crippen LogP contribution in [0.1, 0.15) is 151 Å². The number of hydrogen-bond acceptors (Lipinski definition) is 0. The first-order chi connectivity index (χ1) is 17.1. The molecule has 1 rings (SSSR count). The van der Waals surface area contributed by atoms with Crippen molar-refractivity contribution >= 4 is 5.57 Å². The molecule has 0 nitrogen and oxygen atoms in total. The zero-order valence-corrected chi connectivity index (χ0v) is 26.9. The van der Waals surface area contributed by atoms with Gasteiger partial charge in [0.2, 0.25) is 0 Å². The molecule has 0 aliphatic rings. The third-order valence-electron chi connectivity index (χ3n) is 7.30. The van der Waals surface area contributed by atoms with E-state index in [1.165, 1.54) is 51.8 Å². The first-order valence-corrected chi connectivity index (χ1v) is 14.9. The monoisotopic (exact) mass is 494 g/mol. The minimum Gasteiger partial charge on any atom is -0.0837 e. The van der Waals surface area contributed by atoms with Crippen molar-refractivity contribution in [1.29, 1.82) is 0 Å². The van der Waals surface area contributed by atoms with Crippen molar-refractivity contribution in [2.75, 3.05) is 0 Å². The molecule has 1 aromatic rings. The Kier molecular flexibility index (Phi) is 21.5. The molecule has 206 valence electrons. The molecule has 0 radical (unpaired) electrons. The van der Waals surface area contributed by atoms with Crippen LogP contribution in [0.3, 0.4) is 0 Å². The van der Waals surface area contributed by atoms with Gasteiger partial charge in [-0.3, -0.25) is 0 Å². The van der Waals surface area contributed by atoms with Crippen molar-refractivity contribution < 1.29 is 0 Å². The topological polar surface area (TPSA) is 0 Å². The highest BCUT2D eigenvalue weighted by Gasteiger charge is 2.18. The average Bonchev–Trinajstić information content (AvgIpc) is 2.89. The lowest BCUT2D eigenvalue weighted by Crippen LogP contribution is -2.05. The second-order valence-electron chi connectivity index (χ2n) is 10.1. The predicted octanol–water partition coefficient (Wildman–Crippen LogP) is 12.8. The minimum absolute atomic E-state index is 0.499. The summed E-state index contributed by atoms with van der Waals surface area (Å²) in [6, 6.07) is 6.92. The Morgan fingerprint density at radius 3 is 1.86 bits per heavy atom. The SMILES string of the molecule is CC.CC/C(C)=C(/C)C(CC)c1cccc(C(/C=C/CC(C)CC)=C/C(C)=C(\C)CC)c1C.CCC. The largest absolute Gasteiger partial charge is 0.0837 e. The highest BCUT2D eigenvalue weighted by atomic mass is 14.2. The second kappa shape index (κ2) is 21.3. The summed E-state index contributed by atoms with van der Waals surface area (Å²) in [5.74, 6) is 1.23. The molecule has 0 spiro atoms. The normalized spacial score (nSPS) is 14.7. The van der Waals surface area contributed by atoms with E-state index in [2.05, 4.69) is 120 Å². The molecule has 0 N–H and O–H groups in total. The van der Waals surface area contributed by atoms with Crippen LogP contribution < -0.4 is 0 Å². The van der Waals surface area contributed by atoms with Crippen molar-refractivity contribution in [3.63, 3.8) is 0 Å². The van der Waals surface area contributed by atoms with Gasteiger partial charge < -0.3 is 0 Å². The lowest BCUT2D eigenvalue weighted by atomic mass is 9.82. The maximum Gasteiger partial charge on any atom is 0.00481 e. The molecule has 0 saturated carbocycles. The van der Waals surface area contributed by atoms with Crippen LogP contribution in [0, 0.1) is 12.8 Å². The van der Waals surface area contributed by atoms with Gasteiger partial charge in [0.15, 0.2) is 0 Å². The van der Waals surface area contributed by atoms with Crippen LogP contribution in [0.4, 0.5) is 0 Å². The van der Waals surface area contributed by atoms with E-state index >= 15 is 0 Å². The lowest BCUT2D eigenvalue weighted by molar-refractivity contribution is 0.572. The maximum atomic E-state index is 2.40. The maximum absolute atomic E-state index is 2.40. The van der Waals surface area contributed by atoms with Gasteiger partial charge in [-0.1, -0.05) is 134 Å². The smallest absolute Gasteiger partial charge is 0.00481 e. The third-order valence-corrected chi connectivity index (χ3v) is 7.30. The van der Waals surface area contributed by atoms with E-state index in [4.69, 9.17) is 0 Å². The molecule has 0 heteroatoms. The average molecular weight is 495 g/mol. The van der Waals surface area contributed by atoms with Crippen LogP contribution in [0.25, 0.3) is 5.57 Å². The summed E-state index contributed by atoms with van der Waals surface area (Å²) in [6.07, 6.45) is 14.1. The van der Waals surface area contributed by atoms with E-state index in [0.717, 1.165) is 31.6 Å². The van der Waals surface area contributed by atoms with Gasteiger partial charge in [0.05, 0.1) is 0 Å². The molecule has 0 aliphatic carbocycles. The van der Waals surface area contributed by atoms with E-state index in [-0.39, 0.29) is 0 Å². The molecule has 0 amide bonds. The zero-order chi connectivity index (χ0) is 28.3. The summed E-state index contributed by atoms with van der Waals surface area (Å²) in [5, 5.41) is 0. The summed E-state index contributed by atoms with van der Waals surface area (Å²) >= 11 is 0. The molecule has 0 aromatic heterocycles. The lowest BCUT2D eigenvalue weighted by Gasteiger charge is -2.23. The van der Waals surface area contributed by atoms with E-state index in [0.29, 0.717) is 5.92 Å². The van der Waals surface area contributed by atoms with Crippen molar-refractivity contribution in [3.05, 3.63) is 75.4 Å². The molecular weight excluding hydrogens is 432 g/mol. The molecule has 1 aromatic carbocycles. The van der Waals surface area contributed by atoms with Crippen LogP contribution in [0.2, 0.25) is 0 Å². The Morgan fingerprint density at radius 1 is 0.833 bits per heavy atom. The van der Waals surface area contributed by atoms with Gasteiger partial charge in [-0.15, -0.1) is 0 Å². The number of allylic oxidation sites excluding steroid dienone is 8. The minimum atomic E-state index is 0.499. The van der Waals surface area contributed by atoms with E-state index in [1.807, 2.05) is 13.8 Å². The molecule has 2 unspecified atom stereocenters. The number of hydrogen-bond donors (Lipinski definition) is 0. The van der Waals surface area contributed by atoms with Gasteiger partial charge in [0, 0.05) is 5.92 Å². The summed E-state index contributed by atoms with van der Waals surface area (Å²) in [5.41, 5.74) is 11.6.